The van der Waals surface area contributed by atoms with Crippen LogP contribution in [0, 0.1) is 0 Å². The number of alkyl halides is 2. The van der Waals surface area contributed by atoms with Crippen molar-refractivity contribution in [3.05, 3.63) is 30.3 Å². The van der Waals surface area contributed by atoms with Crippen molar-refractivity contribution in [3.63, 3.8) is 0 Å². The fourth-order valence-electron chi connectivity index (χ4n) is 3.68. The van der Waals surface area contributed by atoms with Crippen LogP contribution in [0.2, 0.25) is 0 Å². The van der Waals surface area contributed by atoms with Crippen molar-refractivity contribution in [1.29, 1.82) is 0 Å². The lowest BCUT2D eigenvalue weighted by atomic mass is 10.1. The Kier molecular flexibility index (Phi) is 10.1. The fraction of sp³-hybridized carbons (Fsp3) is 0.591. The summed E-state index contributed by atoms with van der Waals surface area (Å²) in [5.74, 6) is -1.21. The predicted octanol–water partition coefficient (Wildman–Crippen LogP) is 1.68. The Hall–Kier alpha value is -2.32. The molecule has 0 aromatic heterocycles. The zero-order chi connectivity index (χ0) is 28.1. The molecule has 0 saturated carbocycles. The lowest BCUT2D eigenvalue weighted by Gasteiger charge is -2.34. The molecule has 3 amide bonds. The summed E-state index contributed by atoms with van der Waals surface area (Å²) in [4.78, 5) is 36.9. The number of halogens is 2. The van der Waals surface area contributed by atoms with Crippen LogP contribution in [0.4, 0.5) is 9.18 Å². The molecule has 7 atom stereocenters. The number of rotatable bonds is 12. The first-order valence-electron chi connectivity index (χ1n) is 11.6. The van der Waals surface area contributed by atoms with Gasteiger partial charge in [-0.15, -0.1) is 0 Å². The molecule has 2 heterocycles. The third-order valence-electron chi connectivity index (χ3n) is 5.55. The van der Waals surface area contributed by atoms with E-state index in [0.29, 0.717) is 0 Å². The molecular formula is C22H30ClFN3O10P. The second kappa shape index (κ2) is 12.7. The minimum atomic E-state index is -4.38. The topological polar surface area (TPSA) is 162 Å². The number of carbonyl (C=O) groups is 3. The highest BCUT2D eigenvalue weighted by Crippen LogP contribution is 2.47. The number of aliphatic hydroxyl groups is 1. The van der Waals surface area contributed by atoms with Gasteiger partial charge in [0.05, 0.1) is 13.2 Å². The van der Waals surface area contributed by atoms with E-state index in [4.69, 9.17) is 34.9 Å². The molecule has 212 valence electrons. The zero-order valence-corrected chi connectivity index (χ0v) is 22.5. The number of para-hydroxylation sites is 1. The molecule has 2 aliphatic rings. The molecule has 13 nitrogen and oxygen atoms in total. The summed E-state index contributed by atoms with van der Waals surface area (Å²) in [5.41, 5.74) is 0. The van der Waals surface area contributed by atoms with Gasteiger partial charge in [-0.25, -0.2) is 13.8 Å². The van der Waals surface area contributed by atoms with Crippen LogP contribution >= 0.6 is 19.3 Å². The lowest BCUT2D eigenvalue weighted by Crippen LogP contribution is -2.58. The Morgan fingerprint density at radius 2 is 2.05 bits per heavy atom. The average Bonchev–Trinajstić information content (AvgIpc) is 3.07. The second-order valence-electron chi connectivity index (χ2n) is 8.69. The number of hydrogen-bond acceptors (Lipinski definition) is 10. The molecule has 0 radical (unpaired) electrons. The second-order valence-corrected chi connectivity index (χ2v) is 11.0. The van der Waals surface area contributed by atoms with Crippen LogP contribution in [0.5, 0.6) is 5.75 Å². The predicted molar refractivity (Wildman–Crippen MR) is 130 cm³/mol. The van der Waals surface area contributed by atoms with Crippen molar-refractivity contribution in [2.24, 2.45) is 0 Å². The molecule has 2 fully saturated rings. The van der Waals surface area contributed by atoms with Crippen LogP contribution < -0.4 is 14.9 Å². The number of benzene rings is 1. The van der Waals surface area contributed by atoms with Crippen LogP contribution in [0.15, 0.2) is 30.3 Å². The Labute approximate surface area is 223 Å². The molecule has 0 spiro atoms. The fourth-order valence-corrected chi connectivity index (χ4v) is 5.49. The number of ether oxygens (including phenoxy) is 3. The van der Waals surface area contributed by atoms with Gasteiger partial charge in [0.2, 0.25) is 5.91 Å². The molecular weight excluding hydrogens is 552 g/mol. The number of methoxy groups -OCH3 is 1. The van der Waals surface area contributed by atoms with E-state index in [2.05, 4.69) is 5.09 Å². The molecule has 2 saturated heterocycles. The van der Waals surface area contributed by atoms with E-state index in [0.717, 1.165) is 4.90 Å². The van der Waals surface area contributed by atoms with Crippen LogP contribution in [-0.2, 0) is 32.9 Å². The maximum absolute atomic E-state index is 15.3. The smallest absolute Gasteiger partial charge is 0.459 e. The van der Waals surface area contributed by atoms with Gasteiger partial charge in [-0.3, -0.25) is 24.3 Å². The van der Waals surface area contributed by atoms with E-state index in [1.165, 1.54) is 26.2 Å². The van der Waals surface area contributed by atoms with Crippen LogP contribution in [0.3, 0.4) is 0 Å². The number of nitrogens with zero attached hydrogens (tertiary/aromatic N) is 1. The number of nitrogens with one attached hydrogen (secondary N) is 2. The Balaban J connectivity index is 1.73. The number of esters is 1. The molecule has 38 heavy (non-hydrogen) atoms. The third kappa shape index (κ3) is 7.41. The summed E-state index contributed by atoms with van der Waals surface area (Å²) in [6.07, 6.45) is -6.03. The summed E-state index contributed by atoms with van der Waals surface area (Å²) in [6, 6.07) is 5.75. The van der Waals surface area contributed by atoms with E-state index in [1.54, 1.807) is 25.1 Å². The molecule has 3 rings (SSSR count). The van der Waals surface area contributed by atoms with E-state index in [1.807, 2.05) is 5.32 Å². The maximum Gasteiger partial charge on any atom is 0.459 e. The van der Waals surface area contributed by atoms with E-state index >= 15 is 4.39 Å². The lowest BCUT2D eigenvalue weighted by molar-refractivity contribution is -0.152. The summed E-state index contributed by atoms with van der Waals surface area (Å²) >= 11 is 5.90. The summed E-state index contributed by atoms with van der Waals surface area (Å²) in [5, 5.41) is 12.0. The van der Waals surface area contributed by atoms with Crippen molar-refractivity contribution < 1.29 is 51.7 Å². The molecule has 1 unspecified atom stereocenters. The summed E-state index contributed by atoms with van der Waals surface area (Å²) in [7, 11) is -2.94. The van der Waals surface area contributed by atoms with Gasteiger partial charge in [0.15, 0.2) is 6.23 Å². The highest BCUT2D eigenvalue weighted by molar-refractivity contribution is 7.52. The number of imide groups is 1. The van der Waals surface area contributed by atoms with Gasteiger partial charge in [-0.05, 0) is 26.0 Å². The average molecular weight is 582 g/mol. The van der Waals surface area contributed by atoms with E-state index in [-0.39, 0.29) is 25.3 Å². The van der Waals surface area contributed by atoms with Crippen LogP contribution in [-0.4, -0.2) is 90.5 Å². The van der Waals surface area contributed by atoms with Gasteiger partial charge in [-0.2, -0.15) is 5.09 Å². The first-order chi connectivity index (χ1) is 17.9. The molecule has 0 bridgehead atoms. The van der Waals surface area contributed by atoms with Crippen LogP contribution in [0.25, 0.3) is 0 Å². The molecule has 1 aromatic carbocycles. The first kappa shape index (κ1) is 30.2. The maximum atomic E-state index is 15.3. The van der Waals surface area contributed by atoms with Crippen molar-refractivity contribution in [1.82, 2.24) is 15.3 Å². The third-order valence-corrected chi connectivity index (χ3v) is 7.61. The highest BCUT2D eigenvalue weighted by Gasteiger charge is 2.60. The van der Waals surface area contributed by atoms with Gasteiger partial charge < -0.3 is 23.8 Å². The molecule has 16 heteroatoms. The minimum absolute atomic E-state index is 0.120. The highest BCUT2D eigenvalue weighted by atomic mass is 35.5. The van der Waals surface area contributed by atoms with Crippen molar-refractivity contribution in [3.8, 4) is 5.75 Å². The van der Waals surface area contributed by atoms with Crippen molar-refractivity contribution in [2.45, 2.75) is 56.0 Å². The minimum Gasteiger partial charge on any atom is -0.459 e. The number of hydrogen-bond donors (Lipinski definition) is 3. The van der Waals surface area contributed by atoms with Crippen molar-refractivity contribution in [2.75, 3.05) is 26.9 Å². The largest absolute Gasteiger partial charge is 0.459 e. The standard InChI is InChI=1S/C22H30ClFN3O10P/c1-13(11-33-3)35-19(30)14(2)26-38(32,37-15-7-5-4-6-8-15)34-12-16-18(29)22(23,24)20(36-16)27-10-9-17(28)25-21(27)31/h4-8,13-14,16,18,20,29H,9-12H2,1-3H3,(H,26,32)(H,25,28,31)/t13-,14+,16-,18-,20-,22-,38?/m1/s1. The summed E-state index contributed by atoms with van der Waals surface area (Å²) < 4.78 is 55.5. The normalized spacial score (nSPS) is 28.8. The van der Waals surface area contributed by atoms with Gasteiger partial charge >= 0.3 is 19.7 Å². The number of amides is 3. The Bertz CT molecular complexity index is 1050. The quantitative estimate of drug-likeness (QED) is 0.187. The van der Waals surface area contributed by atoms with Gasteiger partial charge in [-0.1, -0.05) is 29.8 Å². The van der Waals surface area contributed by atoms with Crippen molar-refractivity contribution >= 4 is 37.3 Å². The molecule has 2 aliphatic heterocycles. The zero-order valence-electron chi connectivity index (χ0n) is 20.9. The van der Waals surface area contributed by atoms with Gasteiger partial charge in [0.1, 0.15) is 30.1 Å². The SMILES string of the molecule is COC[C@@H](C)OC(=O)[C@H](C)NP(=O)(OC[C@H]1O[C@@H](N2CCC(=O)NC2=O)[C@@](F)(Cl)[C@@H]1O)Oc1ccccc1. The monoisotopic (exact) mass is 581 g/mol. The number of carbonyl (C=O) groups excluding carboxylic acids is 3. The number of aliphatic hydroxyl groups excluding tert-OH is 1. The van der Waals surface area contributed by atoms with Crippen LogP contribution in [0.1, 0.15) is 20.3 Å². The number of urea groups is 1. The summed E-state index contributed by atoms with van der Waals surface area (Å²) in [6.45, 7) is 2.19. The molecule has 3 N–H and O–H groups in total. The van der Waals surface area contributed by atoms with E-state index < -0.39 is 68.0 Å². The first-order valence-corrected chi connectivity index (χ1v) is 13.6. The van der Waals surface area contributed by atoms with Gasteiger partial charge in [0.25, 0.3) is 5.13 Å². The molecule has 1 aromatic rings. The van der Waals surface area contributed by atoms with E-state index in [9.17, 15) is 24.1 Å². The van der Waals surface area contributed by atoms with Gasteiger partial charge in [0, 0.05) is 20.1 Å². The molecule has 0 aliphatic carbocycles. The Morgan fingerprint density at radius 3 is 2.68 bits per heavy atom. The Morgan fingerprint density at radius 1 is 1.37 bits per heavy atom.